The van der Waals surface area contributed by atoms with Gasteiger partial charge in [-0.3, -0.25) is 0 Å². The summed E-state index contributed by atoms with van der Waals surface area (Å²) in [5.74, 6) is 1.73. The zero-order valence-corrected chi connectivity index (χ0v) is 12.3. The van der Waals surface area contributed by atoms with Crippen LogP contribution in [-0.4, -0.2) is 16.7 Å². The lowest BCUT2D eigenvalue weighted by molar-refractivity contribution is 0.416. The number of rotatable bonds is 4. The number of hydrogen-bond donors (Lipinski definition) is 1. The Bertz CT molecular complexity index is 777. The normalized spacial score (nSPS) is 11.0. The van der Waals surface area contributed by atoms with Crippen molar-refractivity contribution < 1.29 is 4.74 Å². The van der Waals surface area contributed by atoms with E-state index in [9.17, 15) is 0 Å². The molecule has 3 rings (SSSR count). The molecule has 0 fully saturated rings. The lowest BCUT2D eigenvalue weighted by Gasteiger charge is -2.11. The molecule has 1 heterocycles. The number of imidazole rings is 1. The van der Waals surface area contributed by atoms with Crippen LogP contribution in [0, 0.1) is 0 Å². The Morgan fingerprint density at radius 3 is 2.71 bits per heavy atom. The van der Waals surface area contributed by atoms with Gasteiger partial charge in [-0.05, 0) is 30.7 Å². The Morgan fingerprint density at radius 2 is 1.95 bits per heavy atom. The standard InChI is InChI=1S/C17H19N3O/c1-3-11-20-14-9-6-8-13(18)16(14)19-17(20)12-7-4-5-10-15(12)21-2/h4-10H,3,11,18H2,1-2H3. The molecule has 0 spiro atoms. The first-order chi connectivity index (χ1) is 10.3. The van der Waals surface area contributed by atoms with E-state index in [1.165, 1.54) is 0 Å². The minimum absolute atomic E-state index is 0.707. The van der Waals surface area contributed by atoms with Crippen LogP contribution in [0.3, 0.4) is 0 Å². The number of para-hydroxylation sites is 2. The lowest BCUT2D eigenvalue weighted by atomic mass is 10.2. The van der Waals surface area contributed by atoms with Crippen molar-refractivity contribution in [3.05, 3.63) is 42.5 Å². The molecule has 0 bridgehead atoms. The molecule has 1 aromatic heterocycles. The van der Waals surface area contributed by atoms with Gasteiger partial charge in [0.1, 0.15) is 17.1 Å². The zero-order valence-electron chi connectivity index (χ0n) is 12.3. The highest BCUT2D eigenvalue weighted by Gasteiger charge is 2.16. The van der Waals surface area contributed by atoms with E-state index in [4.69, 9.17) is 15.5 Å². The second kappa shape index (κ2) is 5.48. The molecule has 0 radical (unpaired) electrons. The number of nitrogens with zero attached hydrogens (tertiary/aromatic N) is 2. The van der Waals surface area contributed by atoms with Gasteiger partial charge < -0.3 is 15.0 Å². The Hall–Kier alpha value is -2.49. The SMILES string of the molecule is CCCn1c(-c2ccccc2OC)nc2c(N)cccc21. The minimum atomic E-state index is 0.707. The summed E-state index contributed by atoms with van der Waals surface area (Å²) in [6.45, 7) is 3.05. The fourth-order valence-electron chi connectivity index (χ4n) is 2.65. The molecule has 0 aliphatic heterocycles. The molecule has 108 valence electrons. The Labute approximate surface area is 124 Å². The minimum Gasteiger partial charge on any atom is -0.496 e. The number of aromatic nitrogens is 2. The molecule has 3 aromatic rings. The molecule has 4 heteroatoms. The predicted octanol–water partition coefficient (Wildman–Crippen LogP) is 3.70. The molecule has 0 aliphatic carbocycles. The highest BCUT2D eigenvalue weighted by Crippen LogP contribution is 2.33. The average Bonchev–Trinajstić information content (AvgIpc) is 2.88. The smallest absolute Gasteiger partial charge is 0.144 e. The second-order valence-corrected chi connectivity index (χ2v) is 5.00. The highest BCUT2D eigenvalue weighted by molar-refractivity contribution is 5.90. The van der Waals surface area contributed by atoms with Gasteiger partial charge in [0, 0.05) is 6.54 Å². The van der Waals surface area contributed by atoms with Crippen molar-refractivity contribution in [3.8, 4) is 17.1 Å². The molecule has 4 nitrogen and oxygen atoms in total. The van der Waals surface area contributed by atoms with Crippen LogP contribution >= 0.6 is 0 Å². The summed E-state index contributed by atoms with van der Waals surface area (Å²) in [7, 11) is 1.68. The van der Waals surface area contributed by atoms with Crippen LogP contribution in [0.1, 0.15) is 13.3 Å². The van der Waals surface area contributed by atoms with Gasteiger partial charge in [0.2, 0.25) is 0 Å². The first-order valence-electron chi connectivity index (χ1n) is 7.14. The van der Waals surface area contributed by atoms with E-state index in [1.54, 1.807) is 7.11 Å². The predicted molar refractivity (Wildman–Crippen MR) is 86.4 cm³/mol. The lowest BCUT2D eigenvalue weighted by Crippen LogP contribution is -2.00. The molecular formula is C17H19N3O. The summed E-state index contributed by atoms with van der Waals surface area (Å²) in [4.78, 5) is 4.77. The van der Waals surface area contributed by atoms with Crippen LogP contribution < -0.4 is 10.5 Å². The van der Waals surface area contributed by atoms with E-state index in [0.29, 0.717) is 5.69 Å². The molecular weight excluding hydrogens is 262 g/mol. The van der Waals surface area contributed by atoms with E-state index in [-0.39, 0.29) is 0 Å². The highest BCUT2D eigenvalue weighted by atomic mass is 16.5. The molecule has 0 unspecified atom stereocenters. The van der Waals surface area contributed by atoms with Gasteiger partial charge >= 0.3 is 0 Å². The van der Waals surface area contributed by atoms with E-state index < -0.39 is 0 Å². The van der Waals surface area contributed by atoms with Crippen LogP contribution in [0.5, 0.6) is 5.75 Å². The number of benzene rings is 2. The summed E-state index contributed by atoms with van der Waals surface area (Å²) < 4.78 is 7.69. The van der Waals surface area contributed by atoms with Crippen molar-refractivity contribution in [3.63, 3.8) is 0 Å². The van der Waals surface area contributed by atoms with Crippen LogP contribution in [0.4, 0.5) is 5.69 Å². The first-order valence-corrected chi connectivity index (χ1v) is 7.14. The van der Waals surface area contributed by atoms with Crippen molar-refractivity contribution >= 4 is 16.7 Å². The van der Waals surface area contributed by atoms with Crippen molar-refractivity contribution in [1.29, 1.82) is 0 Å². The van der Waals surface area contributed by atoms with Gasteiger partial charge in [0.15, 0.2) is 0 Å². The van der Waals surface area contributed by atoms with Crippen molar-refractivity contribution in [2.24, 2.45) is 0 Å². The molecule has 0 aliphatic rings. The van der Waals surface area contributed by atoms with Crippen LogP contribution in [0.2, 0.25) is 0 Å². The second-order valence-electron chi connectivity index (χ2n) is 5.00. The summed E-state index contributed by atoms with van der Waals surface area (Å²) in [5, 5.41) is 0. The van der Waals surface area contributed by atoms with E-state index in [0.717, 1.165) is 41.1 Å². The number of anilines is 1. The quantitative estimate of drug-likeness (QED) is 0.742. The number of methoxy groups -OCH3 is 1. The van der Waals surface area contributed by atoms with Gasteiger partial charge in [-0.1, -0.05) is 25.1 Å². The van der Waals surface area contributed by atoms with Crippen molar-refractivity contribution in [1.82, 2.24) is 9.55 Å². The van der Waals surface area contributed by atoms with Crippen LogP contribution in [0.15, 0.2) is 42.5 Å². The third kappa shape index (κ3) is 2.23. The Morgan fingerprint density at radius 1 is 1.14 bits per heavy atom. The van der Waals surface area contributed by atoms with E-state index >= 15 is 0 Å². The molecule has 2 N–H and O–H groups in total. The molecule has 0 atom stereocenters. The van der Waals surface area contributed by atoms with Gasteiger partial charge in [-0.25, -0.2) is 4.98 Å². The molecule has 0 saturated carbocycles. The summed E-state index contributed by atoms with van der Waals surface area (Å²) in [6.07, 6.45) is 1.03. The number of fused-ring (bicyclic) bond motifs is 1. The maximum atomic E-state index is 6.08. The third-order valence-electron chi connectivity index (χ3n) is 3.61. The molecule has 21 heavy (non-hydrogen) atoms. The maximum absolute atomic E-state index is 6.08. The van der Waals surface area contributed by atoms with Crippen molar-refractivity contribution in [2.75, 3.05) is 12.8 Å². The summed E-state index contributed by atoms with van der Waals surface area (Å²) in [6, 6.07) is 13.9. The van der Waals surface area contributed by atoms with Gasteiger partial charge in [-0.15, -0.1) is 0 Å². The Kier molecular flexibility index (Phi) is 3.52. The van der Waals surface area contributed by atoms with Crippen LogP contribution in [0.25, 0.3) is 22.4 Å². The van der Waals surface area contributed by atoms with Crippen LogP contribution in [-0.2, 0) is 6.54 Å². The maximum Gasteiger partial charge on any atom is 0.144 e. The average molecular weight is 281 g/mol. The monoisotopic (exact) mass is 281 g/mol. The topological polar surface area (TPSA) is 53.1 Å². The number of ether oxygens (including phenoxy) is 1. The Balaban J connectivity index is 2.31. The molecule has 0 amide bonds. The molecule has 0 saturated heterocycles. The van der Waals surface area contributed by atoms with Gasteiger partial charge in [-0.2, -0.15) is 0 Å². The fraction of sp³-hybridized carbons (Fsp3) is 0.235. The van der Waals surface area contributed by atoms with Crippen molar-refractivity contribution in [2.45, 2.75) is 19.9 Å². The number of aryl methyl sites for hydroxylation is 1. The van der Waals surface area contributed by atoms with E-state index in [2.05, 4.69) is 17.6 Å². The third-order valence-corrected chi connectivity index (χ3v) is 3.61. The fourth-order valence-corrected chi connectivity index (χ4v) is 2.65. The van der Waals surface area contributed by atoms with Gasteiger partial charge in [0.05, 0.1) is 23.9 Å². The van der Waals surface area contributed by atoms with Gasteiger partial charge in [0.25, 0.3) is 0 Å². The first kappa shape index (κ1) is 13.5. The molecule has 2 aromatic carbocycles. The zero-order chi connectivity index (χ0) is 14.8. The largest absolute Gasteiger partial charge is 0.496 e. The number of nitrogen functional groups attached to an aromatic ring is 1. The number of hydrogen-bond acceptors (Lipinski definition) is 3. The number of nitrogens with two attached hydrogens (primary N) is 1. The van der Waals surface area contributed by atoms with E-state index in [1.807, 2.05) is 36.4 Å². The summed E-state index contributed by atoms with van der Waals surface area (Å²) in [5.41, 5.74) is 9.69. The summed E-state index contributed by atoms with van der Waals surface area (Å²) >= 11 is 0.